The number of hydrazine groups is 1. The molecular formula is C13H26N4O. The molecule has 0 saturated carbocycles. The first-order valence-corrected chi connectivity index (χ1v) is 7.05. The summed E-state index contributed by atoms with van der Waals surface area (Å²) in [4.78, 5) is 16.4. The summed E-state index contributed by atoms with van der Waals surface area (Å²) in [6.07, 6.45) is 3.88. The normalized spacial score (nSPS) is 31.7. The van der Waals surface area contributed by atoms with Gasteiger partial charge in [-0.25, -0.2) is 5.84 Å². The number of likely N-dealkylation sites (tertiary alicyclic amines) is 2. The summed E-state index contributed by atoms with van der Waals surface area (Å²) in [7, 11) is 2.25. The molecule has 3 atom stereocenters. The number of amides is 1. The van der Waals surface area contributed by atoms with Crippen LogP contribution in [-0.4, -0.2) is 55.0 Å². The Bertz CT molecular complexity index is 297. The molecule has 0 radical (unpaired) electrons. The first-order valence-electron chi connectivity index (χ1n) is 7.05. The number of hydrogen-bond acceptors (Lipinski definition) is 4. The number of carbonyl (C=O) groups is 1. The van der Waals surface area contributed by atoms with E-state index >= 15 is 0 Å². The molecule has 2 fully saturated rings. The monoisotopic (exact) mass is 254 g/mol. The number of nitrogens with one attached hydrogen (secondary N) is 1. The van der Waals surface area contributed by atoms with Crippen molar-refractivity contribution in [1.82, 2.24) is 15.2 Å². The maximum atomic E-state index is 11.4. The van der Waals surface area contributed by atoms with E-state index in [2.05, 4.69) is 22.3 Å². The maximum absolute atomic E-state index is 11.4. The van der Waals surface area contributed by atoms with Gasteiger partial charge in [0.05, 0.1) is 0 Å². The first-order chi connectivity index (χ1) is 8.61. The van der Waals surface area contributed by atoms with Crippen LogP contribution in [0.5, 0.6) is 0 Å². The fraction of sp³-hybridized carbons (Fsp3) is 0.923. The Morgan fingerprint density at radius 1 is 1.44 bits per heavy atom. The smallest absolute Gasteiger partial charge is 0.237 e. The highest BCUT2D eigenvalue weighted by molar-refractivity contribution is 5.77. The molecule has 104 valence electrons. The van der Waals surface area contributed by atoms with Gasteiger partial charge in [0.1, 0.15) is 0 Å². The van der Waals surface area contributed by atoms with Crippen molar-refractivity contribution >= 4 is 5.91 Å². The van der Waals surface area contributed by atoms with Gasteiger partial charge >= 0.3 is 0 Å². The van der Waals surface area contributed by atoms with E-state index in [0.29, 0.717) is 0 Å². The van der Waals surface area contributed by atoms with Gasteiger partial charge < -0.3 is 9.80 Å². The van der Waals surface area contributed by atoms with Crippen LogP contribution in [0.4, 0.5) is 0 Å². The molecule has 2 aliphatic rings. The highest BCUT2D eigenvalue weighted by Gasteiger charge is 2.34. The number of piperidine rings is 2. The van der Waals surface area contributed by atoms with Crippen molar-refractivity contribution in [2.45, 2.75) is 32.2 Å². The number of nitrogens with two attached hydrogens (primary N) is 1. The van der Waals surface area contributed by atoms with E-state index in [0.717, 1.165) is 31.6 Å². The van der Waals surface area contributed by atoms with Crippen LogP contribution in [0.1, 0.15) is 26.2 Å². The van der Waals surface area contributed by atoms with Crippen molar-refractivity contribution in [3.8, 4) is 0 Å². The van der Waals surface area contributed by atoms with Crippen molar-refractivity contribution in [1.29, 1.82) is 0 Å². The summed E-state index contributed by atoms with van der Waals surface area (Å²) >= 11 is 0. The van der Waals surface area contributed by atoms with Gasteiger partial charge in [0, 0.05) is 25.0 Å². The van der Waals surface area contributed by atoms with Gasteiger partial charge in [0.2, 0.25) is 5.91 Å². The van der Waals surface area contributed by atoms with Crippen LogP contribution in [0.3, 0.4) is 0 Å². The van der Waals surface area contributed by atoms with Crippen LogP contribution in [0, 0.1) is 11.8 Å². The summed E-state index contributed by atoms with van der Waals surface area (Å²) in [6, 6.07) is 0.758. The fourth-order valence-corrected chi connectivity index (χ4v) is 3.51. The predicted octanol–water partition coefficient (Wildman–Crippen LogP) is 0.0285. The molecule has 0 aromatic rings. The average molecular weight is 254 g/mol. The second-order valence-electron chi connectivity index (χ2n) is 5.91. The van der Waals surface area contributed by atoms with Gasteiger partial charge in [0.25, 0.3) is 0 Å². The molecule has 2 aliphatic heterocycles. The third-order valence-electron chi connectivity index (χ3n) is 4.55. The second kappa shape index (κ2) is 5.99. The van der Waals surface area contributed by atoms with E-state index in [4.69, 9.17) is 5.84 Å². The van der Waals surface area contributed by atoms with Crippen molar-refractivity contribution in [3.63, 3.8) is 0 Å². The number of rotatable bonds is 3. The summed E-state index contributed by atoms with van der Waals surface area (Å²) in [5.41, 5.74) is 2.24. The Labute approximate surface area is 110 Å². The minimum absolute atomic E-state index is 0.0205. The average Bonchev–Trinajstić information content (AvgIpc) is 2.38. The second-order valence-corrected chi connectivity index (χ2v) is 5.91. The molecule has 2 heterocycles. The van der Waals surface area contributed by atoms with Crippen LogP contribution in [0.2, 0.25) is 0 Å². The number of hydrogen-bond donors (Lipinski definition) is 2. The summed E-state index contributed by atoms with van der Waals surface area (Å²) < 4.78 is 0. The third-order valence-corrected chi connectivity index (χ3v) is 4.55. The van der Waals surface area contributed by atoms with Crippen molar-refractivity contribution in [3.05, 3.63) is 0 Å². The van der Waals surface area contributed by atoms with Crippen LogP contribution in [-0.2, 0) is 4.79 Å². The van der Waals surface area contributed by atoms with Gasteiger partial charge in [-0.15, -0.1) is 0 Å². The van der Waals surface area contributed by atoms with E-state index < -0.39 is 0 Å². The molecule has 0 spiro atoms. The topological polar surface area (TPSA) is 61.6 Å². The number of carbonyl (C=O) groups excluding carboxylic acids is 1. The van der Waals surface area contributed by atoms with Gasteiger partial charge in [-0.05, 0) is 45.3 Å². The fourth-order valence-electron chi connectivity index (χ4n) is 3.51. The molecule has 3 N–H and O–H groups in total. The third kappa shape index (κ3) is 3.02. The first kappa shape index (κ1) is 13.8. The van der Waals surface area contributed by atoms with E-state index in [-0.39, 0.29) is 11.8 Å². The largest absolute Gasteiger partial charge is 0.303 e. The molecule has 5 nitrogen and oxygen atoms in total. The lowest BCUT2D eigenvalue weighted by molar-refractivity contribution is -0.125. The molecule has 0 aromatic carbocycles. The lowest BCUT2D eigenvalue weighted by Crippen LogP contribution is -2.54. The van der Waals surface area contributed by atoms with Gasteiger partial charge in [0.15, 0.2) is 0 Å². The maximum Gasteiger partial charge on any atom is 0.237 e. The van der Waals surface area contributed by atoms with E-state index in [1.54, 1.807) is 0 Å². The molecule has 5 heteroatoms. The number of nitrogens with zero attached hydrogens (tertiary/aromatic N) is 2. The predicted molar refractivity (Wildman–Crippen MR) is 71.7 cm³/mol. The van der Waals surface area contributed by atoms with Gasteiger partial charge in [-0.1, -0.05) is 6.92 Å². The van der Waals surface area contributed by atoms with Crippen LogP contribution in [0.25, 0.3) is 0 Å². The zero-order chi connectivity index (χ0) is 13.1. The highest BCUT2D eigenvalue weighted by atomic mass is 16.2. The van der Waals surface area contributed by atoms with Crippen LogP contribution >= 0.6 is 0 Å². The van der Waals surface area contributed by atoms with Crippen LogP contribution in [0.15, 0.2) is 0 Å². The summed E-state index contributed by atoms with van der Waals surface area (Å²) in [5.74, 6) is 5.88. The Morgan fingerprint density at radius 3 is 2.94 bits per heavy atom. The minimum atomic E-state index is -0.0575. The Hall–Kier alpha value is -0.650. The Morgan fingerprint density at radius 2 is 2.22 bits per heavy atom. The van der Waals surface area contributed by atoms with Crippen molar-refractivity contribution in [2.75, 3.05) is 33.2 Å². The van der Waals surface area contributed by atoms with E-state index in [9.17, 15) is 4.79 Å². The molecule has 0 aromatic heterocycles. The SMILES string of the molecule is CC(CN1CCC2C(CCCN2C)C1)C(=O)NN. The lowest BCUT2D eigenvalue weighted by Gasteiger charge is -2.46. The summed E-state index contributed by atoms with van der Waals surface area (Å²) in [5, 5.41) is 0. The van der Waals surface area contributed by atoms with Crippen molar-refractivity contribution < 1.29 is 4.79 Å². The molecule has 3 unspecified atom stereocenters. The zero-order valence-electron chi connectivity index (χ0n) is 11.6. The standard InChI is InChI=1S/C13H26N4O/c1-10(13(18)15-14)8-17-7-5-12-11(9-17)4-3-6-16(12)2/h10-12H,3-9,14H2,1-2H3,(H,15,18). The zero-order valence-corrected chi connectivity index (χ0v) is 11.6. The Balaban J connectivity index is 1.85. The summed E-state index contributed by atoms with van der Waals surface area (Å²) in [6.45, 7) is 6.26. The quantitative estimate of drug-likeness (QED) is 0.424. The highest BCUT2D eigenvalue weighted by Crippen LogP contribution is 2.29. The molecule has 1 amide bonds. The van der Waals surface area contributed by atoms with Gasteiger partial charge in [-0.3, -0.25) is 10.2 Å². The Kier molecular flexibility index (Phi) is 4.59. The molecule has 18 heavy (non-hydrogen) atoms. The lowest BCUT2D eigenvalue weighted by atomic mass is 9.84. The van der Waals surface area contributed by atoms with Crippen molar-refractivity contribution in [2.24, 2.45) is 17.7 Å². The van der Waals surface area contributed by atoms with E-state index in [1.807, 2.05) is 6.92 Å². The molecule has 0 bridgehead atoms. The molecule has 2 rings (SSSR count). The van der Waals surface area contributed by atoms with E-state index in [1.165, 1.54) is 25.8 Å². The molecule has 2 saturated heterocycles. The minimum Gasteiger partial charge on any atom is -0.303 e. The van der Waals surface area contributed by atoms with Crippen LogP contribution < -0.4 is 11.3 Å². The van der Waals surface area contributed by atoms with Gasteiger partial charge in [-0.2, -0.15) is 0 Å². The molecule has 0 aliphatic carbocycles. The number of fused-ring (bicyclic) bond motifs is 1. The molecular weight excluding hydrogens is 228 g/mol.